The molecular formula is C20H20IN5O. The molecule has 27 heavy (non-hydrogen) atoms. The number of benzene rings is 2. The number of anilines is 2. The third kappa shape index (κ3) is 4.48. The minimum absolute atomic E-state index is 0.754. The molecule has 4 rings (SSSR count). The van der Waals surface area contributed by atoms with Gasteiger partial charge >= 0.3 is 0 Å². The molecule has 3 aromatic rings. The van der Waals surface area contributed by atoms with Crippen LogP contribution in [0.4, 0.5) is 11.4 Å². The fourth-order valence-corrected chi connectivity index (χ4v) is 3.89. The van der Waals surface area contributed by atoms with E-state index < -0.39 is 0 Å². The minimum atomic E-state index is 0.754. The summed E-state index contributed by atoms with van der Waals surface area (Å²) in [6.07, 6.45) is 4.97. The highest BCUT2D eigenvalue weighted by Crippen LogP contribution is 2.24. The van der Waals surface area contributed by atoms with Crippen LogP contribution in [0.3, 0.4) is 0 Å². The summed E-state index contributed by atoms with van der Waals surface area (Å²) in [4.78, 5) is 6.36. The van der Waals surface area contributed by atoms with Crippen molar-refractivity contribution >= 4 is 40.2 Å². The minimum Gasteiger partial charge on any atom is -0.444 e. The lowest BCUT2D eigenvalue weighted by atomic mass is 10.2. The Labute approximate surface area is 171 Å². The molecule has 0 bridgehead atoms. The Kier molecular flexibility index (Phi) is 5.69. The van der Waals surface area contributed by atoms with Crippen molar-refractivity contribution in [3.05, 3.63) is 64.2 Å². The first-order valence-electron chi connectivity index (χ1n) is 8.83. The second-order valence-electron chi connectivity index (χ2n) is 6.26. The molecule has 1 aliphatic heterocycles. The maximum atomic E-state index is 5.29. The van der Waals surface area contributed by atoms with Crippen LogP contribution in [0.15, 0.2) is 64.6 Å². The van der Waals surface area contributed by atoms with Crippen molar-refractivity contribution in [2.24, 2.45) is 5.10 Å². The van der Waals surface area contributed by atoms with E-state index in [0.717, 1.165) is 48.8 Å². The van der Waals surface area contributed by atoms with Crippen LogP contribution in [0.5, 0.6) is 0 Å². The number of hydrazone groups is 1. The molecule has 0 spiro atoms. The second-order valence-corrected chi connectivity index (χ2v) is 7.42. The van der Waals surface area contributed by atoms with Gasteiger partial charge in [-0.05, 0) is 64.6 Å². The van der Waals surface area contributed by atoms with Crippen molar-refractivity contribution in [3.8, 4) is 11.3 Å². The quantitative estimate of drug-likeness (QED) is 0.335. The molecular weight excluding hydrogens is 453 g/mol. The van der Waals surface area contributed by atoms with E-state index in [4.69, 9.17) is 4.42 Å². The fraction of sp³-hybridized carbons (Fsp3) is 0.200. The van der Waals surface area contributed by atoms with Gasteiger partial charge in [0.05, 0.1) is 23.8 Å². The number of nitrogens with one attached hydrogen (secondary N) is 2. The van der Waals surface area contributed by atoms with Crippen LogP contribution in [0, 0.1) is 3.57 Å². The molecule has 0 unspecified atom stereocenters. The lowest BCUT2D eigenvalue weighted by Crippen LogP contribution is -2.43. The monoisotopic (exact) mass is 473 g/mol. The first kappa shape index (κ1) is 18.0. The fourth-order valence-electron chi connectivity index (χ4n) is 3.01. The molecule has 2 N–H and O–H groups in total. The van der Waals surface area contributed by atoms with E-state index >= 15 is 0 Å². The molecule has 7 heteroatoms. The predicted molar refractivity (Wildman–Crippen MR) is 117 cm³/mol. The summed E-state index contributed by atoms with van der Waals surface area (Å²) >= 11 is 2.40. The van der Waals surface area contributed by atoms with E-state index in [1.165, 1.54) is 15.7 Å². The number of oxazole rings is 1. The van der Waals surface area contributed by atoms with Crippen molar-refractivity contribution in [2.45, 2.75) is 0 Å². The van der Waals surface area contributed by atoms with E-state index in [-0.39, 0.29) is 0 Å². The second kappa shape index (κ2) is 8.53. The summed E-state index contributed by atoms with van der Waals surface area (Å²) in [6.45, 7) is 4.18. The first-order chi connectivity index (χ1) is 13.3. The number of nitrogens with zero attached hydrogens (tertiary/aromatic N) is 3. The zero-order valence-corrected chi connectivity index (χ0v) is 16.9. The van der Waals surface area contributed by atoms with Gasteiger partial charge in [0.1, 0.15) is 0 Å². The maximum Gasteiger partial charge on any atom is 0.181 e. The van der Waals surface area contributed by atoms with Gasteiger partial charge in [0.15, 0.2) is 12.2 Å². The molecule has 1 aliphatic rings. The Morgan fingerprint density at radius 1 is 1.15 bits per heavy atom. The van der Waals surface area contributed by atoms with Crippen LogP contribution in [-0.4, -0.2) is 37.4 Å². The van der Waals surface area contributed by atoms with Crippen LogP contribution < -0.4 is 15.6 Å². The van der Waals surface area contributed by atoms with Gasteiger partial charge in [0.25, 0.3) is 0 Å². The zero-order valence-electron chi connectivity index (χ0n) is 14.7. The van der Waals surface area contributed by atoms with E-state index in [0.29, 0.717) is 0 Å². The molecule has 138 valence electrons. The SMILES string of the molecule is Ic1cc(/C=N/Nc2ccc(-c3cnco3)cc2)ccc1N1CCNCC1. The molecule has 6 nitrogen and oxygen atoms in total. The highest BCUT2D eigenvalue weighted by Gasteiger charge is 2.13. The standard InChI is InChI=1S/C20H20IN5O/c21-18-11-15(1-6-19(18)26-9-7-22-8-10-26)12-24-25-17-4-2-16(3-5-17)20-13-23-14-27-20/h1-6,11-14,22,25H,7-10H2/b24-12+. The van der Waals surface area contributed by atoms with Gasteiger partial charge in [-0.1, -0.05) is 6.07 Å². The number of hydrogen-bond acceptors (Lipinski definition) is 6. The molecule has 2 aromatic carbocycles. The van der Waals surface area contributed by atoms with Crippen molar-refractivity contribution in [1.82, 2.24) is 10.3 Å². The Morgan fingerprint density at radius 3 is 2.67 bits per heavy atom. The number of rotatable bonds is 5. The van der Waals surface area contributed by atoms with Gasteiger partial charge in [-0.2, -0.15) is 5.10 Å². The van der Waals surface area contributed by atoms with E-state index in [1.54, 1.807) is 6.20 Å². The molecule has 0 saturated carbocycles. The number of hydrogen-bond donors (Lipinski definition) is 2. The zero-order chi connectivity index (χ0) is 18.5. The Morgan fingerprint density at radius 2 is 1.96 bits per heavy atom. The van der Waals surface area contributed by atoms with E-state index in [9.17, 15) is 0 Å². The number of piperazine rings is 1. The summed E-state index contributed by atoms with van der Waals surface area (Å²) in [5, 5.41) is 7.74. The van der Waals surface area contributed by atoms with Crippen LogP contribution in [0.25, 0.3) is 11.3 Å². The molecule has 0 radical (unpaired) electrons. The molecule has 2 heterocycles. The molecule has 0 amide bonds. The van der Waals surface area contributed by atoms with E-state index in [2.05, 4.69) is 66.5 Å². The highest BCUT2D eigenvalue weighted by molar-refractivity contribution is 14.1. The average Bonchev–Trinajstić information content (AvgIpc) is 3.24. The predicted octanol–water partition coefficient (Wildman–Crippen LogP) is 3.80. The highest BCUT2D eigenvalue weighted by atomic mass is 127. The Bertz CT molecular complexity index is 903. The van der Waals surface area contributed by atoms with Crippen LogP contribution in [0.1, 0.15) is 5.56 Å². The van der Waals surface area contributed by atoms with Crippen LogP contribution >= 0.6 is 22.6 Å². The molecule has 0 aliphatic carbocycles. The van der Waals surface area contributed by atoms with Gasteiger partial charge in [0.2, 0.25) is 0 Å². The summed E-state index contributed by atoms with van der Waals surface area (Å²) in [5.41, 5.74) is 7.34. The molecule has 0 atom stereocenters. The third-order valence-electron chi connectivity index (χ3n) is 4.44. The smallest absolute Gasteiger partial charge is 0.181 e. The summed E-state index contributed by atoms with van der Waals surface area (Å²) < 4.78 is 6.54. The molecule has 1 fully saturated rings. The number of halogens is 1. The van der Waals surface area contributed by atoms with Crippen molar-refractivity contribution in [3.63, 3.8) is 0 Å². The van der Waals surface area contributed by atoms with E-state index in [1.807, 2.05) is 30.5 Å². The lowest BCUT2D eigenvalue weighted by molar-refractivity contribution is 0.572. The normalized spacial score (nSPS) is 14.6. The van der Waals surface area contributed by atoms with Crippen molar-refractivity contribution in [2.75, 3.05) is 36.5 Å². The van der Waals surface area contributed by atoms with Crippen molar-refractivity contribution < 1.29 is 4.42 Å². The van der Waals surface area contributed by atoms with Gasteiger partial charge in [-0.3, -0.25) is 5.43 Å². The van der Waals surface area contributed by atoms with Gasteiger partial charge in [0, 0.05) is 35.3 Å². The Balaban J connectivity index is 1.38. The average molecular weight is 473 g/mol. The summed E-state index contributed by atoms with van der Waals surface area (Å²) in [7, 11) is 0. The summed E-state index contributed by atoms with van der Waals surface area (Å²) in [5.74, 6) is 0.754. The number of aromatic nitrogens is 1. The van der Waals surface area contributed by atoms with Gasteiger partial charge in [-0.15, -0.1) is 0 Å². The molecule has 1 aromatic heterocycles. The first-order valence-corrected chi connectivity index (χ1v) is 9.91. The maximum absolute atomic E-state index is 5.29. The molecule has 1 saturated heterocycles. The summed E-state index contributed by atoms with van der Waals surface area (Å²) in [6, 6.07) is 14.3. The van der Waals surface area contributed by atoms with Crippen molar-refractivity contribution in [1.29, 1.82) is 0 Å². The van der Waals surface area contributed by atoms with Gasteiger partial charge < -0.3 is 14.6 Å². The van der Waals surface area contributed by atoms with Gasteiger partial charge in [-0.25, -0.2) is 4.98 Å². The van der Waals surface area contributed by atoms with Crippen LogP contribution in [-0.2, 0) is 0 Å². The topological polar surface area (TPSA) is 65.7 Å². The Hall–Kier alpha value is -2.39. The van der Waals surface area contributed by atoms with Crippen LogP contribution in [0.2, 0.25) is 0 Å². The largest absolute Gasteiger partial charge is 0.444 e. The third-order valence-corrected chi connectivity index (χ3v) is 5.30. The lowest BCUT2D eigenvalue weighted by Gasteiger charge is -2.30.